The molecule has 0 rings (SSSR count). The molecule has 13 heavy (non-hydrogen) atoms. The van der Waals surface area contributed by atoms with Crippen molar-refractivity contribution in [1.29, 1.82) is 0 Å². The van der Waals surface area contributed by atoms with E-state index in [2.05, 4.69) is 17.2 Å². The molecule has 0 spiro atoms. The standard InChI is InChI=1S/C10H17NO2/c1-4-5-6-7-11-10(12)8-13-9(2)3/h9H,6-8H2,1-3H3,(H,11,12). The summed E-state index contributed by atoms with van der Waals surface area (Å²) in [6.45, 7) is 6.31. The van der Waals surface area contributed by atoms with Gasteiger partial charge in [-0.1, -0.05) is 0 Å². The first kappa shape index (κ1) is 12.0. The van der Waals surface area contributed by atoms with Gasteiger partial charge in [0.1, 0.15) is 6.61 Å². The van der Waals surface area contributed by atoms with E-state index in [0.29, 0.717) is 13.0 Å². The lowest BCUT2D eigenvalue weighted by Gasteiger charge is -2.06. The van der Waals surface area contributed by atoms with E-state index in [1.807, 2.05) is 13.8 Å². The molecule has 0 aromatic heterocycles. The molecular weight excluding hydrogens is 166 g/mol. The molecule has 0 bridgehead atoms. The quantitative estimate of drug-likeness (QED) is 0.509. The van der Waals surface area contributed by atoms with Crippen LogP contribution in [0.1, 0.15) is 27.2 Å². The Kier molecular flexibility index (Phi) is 7.04. The molecule has 74 valence electrons. The summed E-state index contributed by atoms with van der Waals surface area (Å²) in [5.74, 6) is 5.54. The van der Waals surface area contributed by atoms with Gasteiger partial charge in [0.25, 0.3) is 0 Å². The van der Waals surface area contributed by atoms with E-state index < -0.39 is 0 Å². The van der Waals surface area contributed by atoms with Crippen LogP contribution in [-0.2, 0) is 9.53 Å². The lowest BCUT2D eigenvalue weighted by molar-refractivity contribution is -0.127. The second-order valence-corrected chi connectivity index (χ2v) is 2.89. The van der Waals surface area contributed by atoms with Gasteiger partial charge in [-0.05, 0) is 20.8 Å². The number of rotatable bonds is 5. The largest absolute Gasteiger partial charge is 0.369 e. The summed E-state index contributed by atoms with van der Waals surface area (Å²) in [6.07, 6.45) is 0.797. The van der Waals surface area contributed by atoms with Crippen molar-refractivity contribution in [1.82, 2.24) is 5.32 Å². The van der Waals surface area contributed by atoms with E-state index in [-0.39, 0.29) is 18.6 Å². The predicted octanol–water partition coefficient (Wildman–Crippen LogP) is 0.941. The molecule has 0 fully saturated rings. The van der Waals surface area contributed by atoms with Crippen LogP contribution in [0.25, 0.3) is 0 Å². The van der Waals surface area contributed by atoms with Gasteiger partial charge in [0.05, 0.1) is 6.10 Å². The average molecular weight is 183 g/mol. The number of ether oxygens (including phenoxy) is 1. The minimum atomic E-state index is -0.0772. The fourth-order valence-electron chi connectivity index (χ4n) is 0.683. The number of hydrogen-bond acceptors (Lipinski definition) is 2. The first-order chi connectivity index (χ1) is 6.16. The molecule has 1 N–H and O–H groups in total. The molecular formula is C10H17NO2. The highest BCUT2D eigenvalue weighted by atomic mass is 16.5. The van der Waals surface area contributed by atoms with Crippen LogP contribution in [0, 0.1) is 11.8 Å². The van der Waals surface area contributed by atoms with Crippen molar-refractivity contribution >= 4 is 5.91 Å². The van der Waals surface area contributed by atoms with Crippen molar-refractivity contribution in [3.63, 3.8) is 0 Å². The number of hydrogen-bond donors (Lipinski definition) is 1. The third-order valence-electron chi connectivity index (χ3n) is 1.30. The average Bonchev–Trinajstić information content (AvgIpc) is 2.09. The summed E-state index contributed by atoms with van der Waals surface area (Å²) < 4.78 is 5.11. The zero-order valence-electron chi connectivity index (χ0n) is 8.52. The van der Waals surface area contributed by atoms with Crippen LogP contribution in [0.2, 0.25) is 0 Å². The molecule has 0 aliphatic rings. The summed E-state index contributed by atoms with van der Waals surface area (Å²) in [5, 5.41) is 2.71. The molecule has 0 radical (unpaired) electrons. The van der Waals surface area contributed by atoms with Gasteiger partial charge < -0.3 is 10.1 Å². The third-order valence-corrected chi connectivity index (χ3v) is 1.30. The van der Waals surface area contributed by atoms with Crippen molar-refractivity contribution < 1.29 is 9.53 Å². The molecule has 0 heterocycles. The molecule has 0 atom stereocenters. The summed E-state index contributed by atoms with van der Waals surface area (Å²) in [7, 11) is 0. The minimum Gasteiger partial charge on any atom is -0.369 e. The minimum absolute atomic E-state index is 0.0772. The van der Waals surface area contributed by atoms with Crippen molar-refractivity contribution in [3.8, 4) is 11.8 Å². The Morgan fingerprint density at radius 3 is 2.77 bits per heavy atom. The Bertz CT molecular complexity index is 201. The number of nitrogens with one attached hydrogen (secondary N) is 1. The van der Waals surface area contributed by atoms with Crippen molar-refractivity contribution in [2.24, 2.45) is 0 Å². The van der Waals surface area contributed by atoms with Crippen LogP contribution < -0.4 is 5.32 Å². The first-order valence-electron chi connectivity index (χ1n) is 4.44. The lowest BCUT2D eigenvalue weighted by Crippen LogP contribution is -2.29. The summed E-state index contributed by atoms with van der Waals surface area (Å²) >= 11 is 0. The summed E-state index contributed by atoms with van der Waals surface area (Å²) in [6, 6.07) is 0. The van der Waals surface area contributed by atoms with Crippen LogP contribution in [-0.4, -0.2) is 25.2 Å². The molecule has 0 unspecified atom stereocenters. The molecule has 0 saturated heterocycles. The normalized spacial score (nSPS) is 9.23. The number of carbonyl (C=O) groups is 1. The van der Waals surface area contributed by atoms with Gasteiger partial charge in [0.15, 0.2) is 0 Å². The molecule has 0 saturated carbocycles. The van der Waals surface area contributed by atoms with Gasteiger partial charge >= 0.3 is 0 Å². The Morgan fingerprint density at radius 2 is 2.23 bits per heavy atom. The van der Waals surface area contributed by atoms with Gasteiger partial charge in [-0.25, -0.2) is 0 Å². The van der Waals surface area contributed by atoms with E-state index in [0.717, 1.165) is 0 Å². The SMILES string of the molecule is CC#CCCNC(=O)COC(C)C. The fraction of sp³-hybridized carbons (Fsp3) is 0.700. The monoisotopic (exact) mass is 183 g/mol. The smallest absolute Gasteiger partial charge is 0.246 e. The maximum atomic E-state index is 11.0. The molecule has 1 amide bonds. The third kappa shape index (κ3) is 8.90. The Morgan fingerprint density at radius 1 is 1.54 bits per heavy atom. The molecule has 3 heteroatoms. The van der Waals surface area contributed by atoms with E-state index in [4.69, 9.17) is 4.74 Å². The van der Waals surface area contributed by atoms with Crippen molar-refractivity contribution in [2.45, 2.75) is 33.3 Å². The van der Waals surface area contributed by atoms with Gasteiger partial charge in [0, 0.05) is 13.0 Å². The zero-order valence-corrected chi connectivity index (χ0v) is 8.52. The topological polar surface area (TPSA) is 38.3 Å². The fourth-order valence-corrected chi connectivity index (χ4v) is 0.683. The number of amides is 1. The Balaban J connectivity index is 3.34. The summed E-state index contributed by atoms with van der Waals surface area (Å²) in [5.41, 5.74) is 0. The predicted molar refractivity (Wildman–Crippen MR) is 52.2 cm³/mol. The second kappa shape index (κ2) is 7.63. The van der Waals surface area contributed by atoms with Crippen LogP contribution in [0.5, 0.6) is 0 Å². The van der Waals surface area contributed by atoms with Crippen LogP contribution in [0.4, 0.5) is 0 Å². The van der Waals surface area contributed by atoms with Gasteiger partial charge in [-0.2, -0.15) is 0 Å². The van der Waals surface area contributed by atoms with Crippen LogP contribution in [0.15, 0.2) is 0 Å². The highest BCUT2D eigenvalue weighted by Crippen LogP contribution is 1.86. The van der Waals surface area contributed by atoms with Gasteiger partial charge in [0.2, 0.25) is 5.91 Å². The van der Waals surface area contributed by atoms with E-state index in [1.165, 1.54) is 0 Å². The lowest BCUT2D eigenvalue weighted by atomic mass is 10.4. The van der Waals surface area contributed by atoms with Crippen molar-refractivity contribution in [3.05, 3.63) is 0 Å². The van der Waals surface area contributed by atoms with E-state index in [1.54, 1.807) is 6.92 Å². The maximum Gasteiger partial charge on any atom is 0.246 e. The summed E-state index contributed by atoms with van der Waals surface area (Å²) in [4.78, 5) is 11.0. The second-order valence-electron chi connectivity index (χ2n) is 2.89. The Hall–Kier alpha value is -1.01. The van der Waals surface area contributed by atoms with Crippen LogP contribution in [0.3, 0.4) is 0 Å². The van der Waals surface area contributed by atoms with E-state index >= 15 is 0 Å². The molecule has 0 aromatic rings. The first-order valence-corrected chi connectivity index (χ1v) is 4.44. The Labute approximate surface area is 79.8 Å². The number of carbonyl (C=O) groups excluding carboxylic acids is 1. The van der Waals surface area contributed by atoms with Crippen LogP contribution >= 0.6 is 0 Å². The molecule has 0 aliphatic carbocycles. The van der Waals surface area contributed by atoms with Crippen molar-refractivity contribution in [2.75, 3.05) is 13.2 Å². The molecule has 3 nitrogen and oxygen atoms in total. The van der Waals surface area contributed by atoms with E-state index in [9.17, 15) is 4.79 Å². The van der Waals surface area contributed by atoms with Gasteiger partial charge in [-0.15, -0.1) is 11.8 Å². The van der Waals surface area contributed by atoms with Gasteiger partial charge in [-0.3, -0.25) is 4.79 Å². The zero-order chi connectivity index (χ0) is 10.1. The molecule has 0 aromatic carbocycles. The maximum absolute atomic E-state index is 11.0. The highest BCUT2D eigenvalue weighted by Gasteiger charge is 2.00. The molecule has 0 aliphatic heterocycles. The highest BCUT2D eigenvalue weighted by molar-refractivity contribution is 5.77.